The number of hydrogen-bond donors (Lipinski definition) is 0. The largest absolute Gasteiger partial charge is 0.456 e. The first-order valence-electron chi connectivity index (χ1n) is 19.0. The molecule has 0 unspecified atom stereocenters. The number of nitrogens with zero attached hydrogens (tertiary/aromatic N) is 4. The molecule has 6 heteroatoms. The van der Waals surface area contributed by atoms with Crippen molar-refractivity contribution >= 4 is 65.7 Å². The molecule has 12 aromatic rings. The SMILES string of the molecule is c1ccc(-c2nc(-c3ccc4c(c3)oc3ccccc34)nc(-c3ccc4c(c3)oc3cc(-c5cccc6c5c5ccccc5n6-c5ccccc5)ccc34)n2)cc1. The highest BCUT2D eigenvalue weighted by molar-refractivity contribution is 6.16. The molecule has 0 saturated heterocycles. The molecule has 0 atom stereocenters. The Morgan fingerprint density at radius 2 is 0.825 bits per heavy atom. The van der Waals surface area contributed by atoms with E-state index in [0.717, 1.165) is 77.4 Å². The van der Waals surface area contributed by atoms with Gasteiger partial charge in [-0.15, -0.1) is 0 Å². The summed E-state index contributed by atoms with van der Waals surface area (Å²) >= 11 is 0. The highest BCUT2D eigenvalue weighted by Gasteiger charge is 2.19. The fourth-order valence-corrected chi connectivity index (χ4v) is 8.41. The van der Waals surface area contributed by atoms with Crippen molar-refractivity contribution in [3.63, 3.8) is 0 Å². The van der Waals surface area contributed by atoms with Crippen LogP contribution in [-0.2, 0) is 0 Å². The van der Waals surface area contributed by atoms with Crippen LogP contribution in [0.4, 0.5) is 0 Å². The highest BCUT2D eigenvalue weighted by atomic mass is 16.3. The summed E-state index contributed by atoms with van der Waals surface area (Å²) in [6.07, 6.45) is 0. The molecule has 0 aliphatic heterocycles. The molecule has 0 spiro atoms. The Kier molecular flexibility index (Phi) is 6.83. The Morgan fingerprint density at radius 1 is 0.333 bits per heavy atom. The second-order valence-corrected chi connectivity index (χ2v) is 14.4. The first-order chi connectivity index (χ1) is 28.2. The van der Waals surface area contributed by atoms with Crippen molar-refractivity contribution in [2.24, 2.45) is 0 Å². The number of aromatic nitrogens is 4. The van der Waals surface area contributed by atoms with E-state index in [0.29, 0.717) is 17.5 Å². The standard InChI is InChI=1S/C51H30N4O2/c1-3-12-31(13-4-1)49-52-50(33-23-26-38-37-16-8-10-21-44(37)56-46(38)29-33)54-51(53-49)34-24-27-40-39-25-22-32(28-45(39)57-47(40)30-34)36-18-11-20-43-48(36)41-17-7-9-19-42(41)55(43)35-14-5-2-6-15-35/h1-30H. The summed E-state index contributed by atoms with van der Waals surface area (Å²) in [4.78, 5) is 15.0. The predicted octanol–water partition coefficient (Wildman–Crippen LogP) is 13.4. The molecule has 266 valence electrons. The number of rotatable bonds is 5. The number of furan rings is 2. The third-order valence-electron chi connectivity index (χ3n) is 11.1. The molecule has 0 fully saturated rings. The smallest absolute Gasteiger partial charge is 0.164 e. The maximum absolute atomic E-state index is 6.67. The van der Waals surface area contributed by atoms with Crippen LogP contribution >= 0.6 is 0 Å². The molecule has 0 bridgehead atoms. The van der Waals surface area contributed by atoms with E-state index in [1.54, 1.807) is 0 Å². The van der Waals surface area contributed by atoms with Crippen molar-refractivity contribution < 1.29 is 8.83 Å². The third-order valence-corrected chi connectivity index (χ3v) is 11.1. The Hall–Kier alpha value is -7.83. The molecule has 6 nitrogen and oxygen atoms in total. The van der Waals surface area contributed by atoms with Gasteiger partial charge in [-0.1, -0.05) is 115 Å². The molecule has 0 saturated carbocycles. The summed E-state index contributed by atoms with van der Waals surface area (Å²) in [5, 5.41) is 6.66. The van der Waals surface area contributed by atoms with Crippen LogP contribution < -0.4 is 0 Å². The monoisotopic (exact) mass is 730 g/mol. The van der Waals surface area contributed by atoms with E-state index in [1.165, 1.54) is 21.8 Å². The normalized spacial score (nSPS) is 11.9. The molecule has 0 aliphatic rings. The van der Waals surface area contributed by atoms with Gasteiger partial charge in [0, 0.05) is 54.7 Å². The van der Waals surface area contributed by atoms with Crippen LogP contribution in [0.15, 0.2) is 191 Å². The molecular formula is C51H30N4O2. The van der Waals surface area contributed by atoms with Crippen molar-refractivity contribution in [3.8, 4) is 51.0 Å². The summed E-state index contributed by atoms with van der Waals surface area (Å²) in [6, 6.07) is 62.8. The number of benzene rings is 8. The second-order valence-electron chi connectivity index (χ2n) is 14.4. The first-order valence-corrected chi connectivity index (χ1v) is 19.0. The van der Waals surface area contributed by atoms with Crippen molar-refractivity contribution in [1.29, 1.82) is 0 Å². The Bertz CT molecular complexity index is 3530. The molecule has 4 heterocycles. The second kappa shape index (κ2) is 12.3. The number of fused-ring (bicyclic) bond motifs is 9. The molecule has 4 aromatic heterocycles. The summed E-state index contributed by atoms with van der Waals surface area (Å²) in [7, 11) is 0. The van der Waals surface area contributed by atoms with Crippen LogP contribution in [0.5, 0.6) is 0 Å². The fraction of sp³-hybridized carbons (Fsp3) is 0. The van der Waals surface area contributed by atoms with E-state index in [1.807, 2.05) is 60.7 Å². The Labute approximate surface area is 325 Å². The average Bonchev–Trinajstić information content (AvgIpc) is 3.95. The van der Waals surface area contributed by atoms with Crippen LogP contribution in [0, 0.1) is 0 Å². The van der Waals surface area contributed by atoms with Crippen molar-refractivity contribution in [1.82, 2.24) is 19.5 Å². The molecule has 8 aromatic carbocycles. The van der Waals surface area contributed by atoms with Crippen LogP contribution in [0.2, 0.25) is 0 Å². The van der Waals surface area contributed by atoms with Gasteiger partial charge in [0.15, 0.2) is 17.5 Å². The van der Waals surface area contributed by atoms with Gasteiger partial charge < -0.3 is 13.4 Å². The van der Waals surface area contributed by atoms with Crippen molar-refractivity contribution in [2.45, 2.75) is 0 Å². The van der Waals surface area contributed by atoms with Gasteiger partial charge in [-0.25, -0.2) is 15.0 Å². The first kappa shape index (κ1) is 31.5. The summed E-state index contributed by atoms with van der Waals surface area (Å²) in [6.45, 7) is 0. The number of para-hydroxylation sites is 3. The topological polar surface area (TPSA) is 69.9 Å². The third kappa shape index (κ3) is 5.01. The van der Waals surface area contributed by atoms with E-state index in [9.17, 15) is 0 Å². The van der Waals surface area contributed by atoms with Gasteiger partial charge >= 0.3 is 0 Å². The van der Waals surface area contributed by atoms with E-state index in [2.05, 4.69) is 126 Å². The summed E-state index contributed by atoms with van der Waals surface area (Å²) < 4.78 is 15.3. The quantitative estimate of drug-likeness (QED) is 0.176. The highest BCUT2D eigenvalue weighted by Crippen LogP contribution is 2.41. The fourth-order valence-electron chi connectivity index (χ4n) is 8.41. The lowest BCUT2D eigenvalue weighted by Crippen LogP contribution is -2.00. The lowest BCUT2D eigenvalue weighted by Gasteiger charge is -2.08. The Morgan fingerprint density at radius 3 is 1.51 bits per heavy atom. The minimum Gasteiger partial charge on any atom is -0.456 e. The molecule has 57 heavy (non-hydrogen) atoms. The number of hydrogen-bond acceptors (Lipinski definition) is 5. The van der Waals surface area contributed by atoms with Gasteiger partial charge in [0.1, 0.15) is 22.3 Å². The zero-order chi connectivity index (χ0) is 37.5. The lowest BCUT2D eigenvalue weighted by molar-refractivity contribution is 0.669. The van der Waals surface area contributed by atoms with Crippen LogP contribution in [0.3, 0.4) is 0 Å². The predicted molar refractivity (Wildman–Crippen MR) is 230 cm³/mol. The van der Waals surface area contributed by atoms with E-state index < -0.39 is 0 Å². The zero-order valence-electron chi connectivity index (χ0n) is 30.4. The van der Waals surface area contributed by atoms with Gasteiger partial charge in [0.25, 0.3) is 0 Å². The van der Waals surface area contributed by atoms with Gasteiger partial charge in [-0.05, 0) is 77.9 Å². The van der Waals surface area contributed by atoms with Crippen LogP contribution in [0.25, 0.3) is 117 Å². The minimum absolute atomic E-state index is 0.563. The maximum atomic E-state index is 6.67. The maximum Gasteiger partial charge on any atom is 0.164 e. The van der Waals surface area contributed by atoms with E-state index in [-0.39, 0.29) is 0 Å². The molecule has 0 aliphatic carbocycles. The van der Waals surface area contributed by atoms with Gasteiger partial charge in [-0.3, -0.25) is 0 Å². The van der Waals surface area contributed by atoms with E-state index in [4.69, 9.17) is 23.8 Å². The van der Waals surface area contributed by atoms with Gasteiger partial charge in [0.05, 0.1) is 11.0 Å². The lowest BCUT2D eigenvalue weighted by atomic mass is 9.98. The average molecular weight is 731 g/mol. The molecular weight excluding hydrogens is 701 g/mol. The molecule has 12 rings (SSSR count). The summed E-state index contributed by atoms with van der Waals surface area (Å²) in [5.41, 5.74) is 11.6. The van der Waals surface area contributed by atoms with E-state index >= 15 is 0 Å². The van der Waals surface area contributed by atoms with Crippen LogP contribution in [0.1, 0.15) is 0 Å². The van der Waals surface area contributed by atoms with Crippen molar-refractivity contribution in [2.75, 3.05) is 0 Å². The minimum atomic E-state index is 0.563. The van der Waals surface area contributed by atoms with Crippen molar-refractivity contribution in [3.05, 3.63) is 182 Å². The molecule has 0 N–H and O–H groups in total. The van der Waals surface area contributed by atoms with Gasteiger partial charge in [0.2, 0.25) is 0 Å². The van der Waals surface area contributed by atoms with Crippen LogP contribution in [-0.4, -0.2) is 19.5 Å². The summed E-state index contributed by atoms with van der Waals surface area (Å²) in [5.74, 6) is 1.73. The molecule has 0 radical (unpaired) electrons. The molecule has 0 amide bonds. The zero-order valence-corrected chi connectivity index (χ0v) is 30.4. The van der Waals surface area contributed by atoms with Gasteiger partial charge in [-0.2, -0.15) is 0 Å². The Balaban J connectivity index is 0.985.